The third-order valence-electron chi connectivity index (χ3n) is 3.58. The van der Waals surface area contributed by atoms with Gasteiger partial charge in [0.05, 0.1) is 11.5 Å². The van der Waals surface area contributed by atoms with E-state index < -0.39 is 25.0 Å². The number of thiophene rings is 1. The number of hydrogen-bond acceptors (Lipinski definition) is 5. The summed E-state index contributed by atoms with van der Waals surface area (Å²) in [4.78, 5) is 19.3. The first-order valence-electron chi connectivity index (χ1n) is 8.18. The first-order valence-corrected chi connectivity index (χ1v) is 10.5. The highest BCUT2D eigenvalue weighted by atomic mass is 32.1. The number of benzene rings is 1. The molecule has 0 bridgehead atoms. The fourth-order valence-electron chi connectivity index (χ4n) is 2.10. The van der Waals surface area contributed by atoms with E-state index in [0.29, 0.717) is 12.8 Å². The van der Waals surface area contributed by atoms with Crippen molar-refractivity contribution in [2.75, 3.05) is 13.2 Å². The van der Waals surface area contributed by atoms with E-state index >= 15 is 0 Å². The summed E-state index contributed by atoms with van der Waals surface area (Å²) in [6, 6.07) is 7.00. The second kappa shape index (κ2) is 9.61. The molecule has 0 amide bonds. The lowest BCUT2D eigenvalue weighted by Gasteiger charge is -2.24. The molecule has 0 radical (unpaired) electrons. The molecule has 0 spiro atoms. The van der Waals surface area contributed by atoms with E-state index in [1.165, 1.54) is 17.4 Å². The summed E-state index contributed by atoms with van der Waals surface area (Å²) in [6.07, 6.45) is 1.08. The third kappa shape index (κ3) is 8.07. The number of ether oxygens (including phenoxy) is 1. The molecule has 0 aliphatic rings. The fourth-order valence-corrected chi connectivity index (χ4v) is 3.45. The number of phosphoric acid groups is 1. The van der Waals surface area contributed by atoms with E-state index in [2.05, 4.69) is 16.4 Å². The van der Waals surface area contributed by atoms with Crippen molar-refractivity contribution in [1.29, 1.82) is 0 Å². The zero-order valence-electron chi connectivity index (χ0n) is 15.0. The van der Waals surface area contributed by atoms with Crippen molar-refractivity contribution in [3.63, 3.8) is 0 Å². The van der Waals surface area contributed by atoms with Gasteiger partial charge < -0.3 is 20.3 Å². The van der Waals surface area contributed by atoms with Crippen LogP contribution in [-0.2, 0) is 15.5 Å². The van der Waals surface area contributed by atoms with Gasteiger partial charge in [0.1, 0.15) is 12.4 Å². The Morgan fingerprint density at radius 1 is 1.25 bits per heavy atom. The molecule has 6 nitrogen and oxygen atoms in total. The average Bonchev–Trinajstić information content (AvgIpc) is 3.06. The highest BCUT2D eigenvalue weighted by Gasteiger charge is 2.24. The van der Waals surface area contributed by atoms with Crippen LogP contribution in [0.15, 0.2) is 30.3 Å². The van der Waals surface area contributed by atoms with Gasteiger partial charge in [-0.2, -0.15) is 0 Å². The Morgan fingerprint density at radius 3 is 2.68 bits per heavy atom. The molecule has 152 valence electrons. The van der Waals surface area contributed by atoms with Crippen LogP contribution in [0, 0.1) is 23.5 Å². The maximum absolute atomic E-state index is 13.1. The summed E-state index contributed by atoms with van der Waals surface area (Å²) in [6.45, 7) is 1.43. The number of aryl methyl sites for hydroxylation is 1. The van der Waals surface area contributed by atoms with E-state index in [1.807, 2.05) is 12.1 Å². The zero-order chi connectivity index (χ0) is 20.8. The van der Waals surface area contributed by atoms with E-state index in [1.54, 1.807) is 6.92 Å². The van der Waals surface area contributed by atoms with Gasteiger partial charge in [-0.05, 0) is 44.0 Å². The van der Waals surface area contributed by atoms with Gasteiger partial charge in [-0.15, -0.1) is 11.3 Å². The predicted octanol–water partition coefficient (Wildman–Crippen LogP) is 3.22. The van der Waals surface area contributed by atoms with Crippen LogP contribution < -0.4 is 10.5 Å². The van der Waals surface area contributed by atoms with Crippen LogP contribution in [0.25, 0.3) is 0 Å². The molecular formula is C18H20F2NO5PS. The van der Waals surface area contributed by atoms with E-state index in [9.17, 15) is 13.3 Å². The second-order valence-electron chi connectivity index (χ2n) is 6.35. The van der Waals surface area contributed by atoms with Crippen molar-refractivity contribution >= 4 is 19.2 Å². The largest absolute Gasteiger partial charge is 0.481 e. The van der Waals surface area contributed by atoms with Crippen molar-refractivity contribution in [2.45, 2.75) is 25.3 Å². The summed E-state index contributed by atoms with van der Waals surface area (Å²) in [5, 5.41) is 0. The van der Waals surface area contributed by atoms with Crippen LogP contribution in [-0.4, -0.2) is 28.5 Å². The highest BCUT2D eigenvalue weighted by molar-refractivity contribution is 7.46. The second-order valence-corrected chi connectivity index (χ2v) is 8.76. The lowest BCUT2D eigenvalue weighted by Crippen LogP contribution is -2.41. The minimum Gasteiger partial charge on any atom is -0.481 e. The minimum atomic E-state index is -4.54. The average molecular weight is 431 g/mol. The zero-order valence-corrected chi connectivity index (χ0v) is 16.7. The van der Waals surface area contributed by atoms with Crippen LogP contribution in [0.1, 0.15) is 23.1 Å². The molecule has 0 saturated heterocycles. The Balaban J connectivity index is 1.81. The Morgan fingerprint density at radius 2 is 2.00 bits per heavy atom. The maximum atomic E-state index is 13.1. The lowest BCUT2D eigenvalue weighted by atomic mass is 9.98. The van der Waals surface area contributed by atoms with Crippen molar-refractivity contribution in [3.05, 3.63) is 51.7 Å². The molecule has 1 aromatic heterocycles. The molecule has 0 aliphatic carbocycles. The standard InChI is InChI=1S/C18H20F2NO5PS/c1-18(21,12-26-27(22,23)24)9-8-15-6-5-14(28-15)3-2-10-25-13-4-7-16(19)17(20)11-13/h4-7,11H,8-10,12,21H2,1H3,(H2,22,23,24). The van der Waals surface area contributed by atoms with Crippen LogP contribution in [0.4, 0.5) is 8.78 Å². The third-order valence-corrected chi connectivity index (χ3v) is 5.11. The molecule has 1 unspecified atom stereocenters. The van der Waals surface area contributed by atoms with Crippen molar-refractivity contribution in [1.82, 2.24) is 0 Å². The summed E-state index contributed by atoms with van der Waals surface area (Å²) >= 11 is 1.46. The van der Waals surface area contributed by atoms with Gasteiger partial charge in [0, 0.05) is 16.5 Å². The summed E-state index contributed by atoms with van der Waals surface area (Å²) in [5.41, 5.74) is 5.11. The number of halogens is 2. The van der Waals surface area contributed by atoms with E-state index in [0.717, 1.165) is 21.9 Å². The minimum absolute atomic E-state index is 0.0267. The van der Waals surface area contributed by atoms with Crippen LogP contribution in [0.3, 0.4) is 0 Å². The van der Waals surface area contributed by atoms with Gasteiger partial charge in [0.25, 0.3) is 0 Å². The Kier molecular flexibility index (Phi) is 7.72. The number of hydrogen-bond donors (Lipinski definition) is 3. The van der Waals surface area contributed by atoms with Gasteiger partial charge in [0.15, 0.2) is 11.6 Å². The van der Waals surface area contributed by atoms with Gasteiger partial charge in [-0.25, -0.2) is 13.3 Å². The molecule has 0 saturated carbocycles. The topological polar surface area (TPSA) is 102 Å². The predicted molar refractivity (Wildman–Crippen MR) is 102 cm³/mol. The van der Waals surface area contributed by atoms with Crippen LogP contribution >= 0.6 is 19.2 Å². The maximum Gasteiger partial charge on any atom is 0.469 e. The van der Waals surface area contributed by atoms with Crippen molar-refractivity contribution in [3.8, 4) is 17.6 Å². The summed E-state index contributed by atoms with van der Waals surface area (Å²) < 4.78 is 46.4. The van der Waals surface area contributed by atoms with Gasteiger partial charge in [-0.1, -0.05) is 11.8 Å². The normalized spacial score (nSPS) is 13.5. The van der Waals surface area contributed by atoms with Crippen molar-refractivity contribution < 1.29 is 32.4 Å². The van der Waals surface area contributed by atoms with E-state index in [-0.39, 0.29) is 19.0 Å². The molecule has 28 heavy (non-hydrogen) atoms. The fraction of sp³-hybridized carbons (Fsp3) is 0.333. The number of phosphoric ester groups is 1. The lowest BCUT2D eigenvalue weighted by molar-refractivity contribution is 0.154. The van der Waals surface area contributed by atoms with Gasteiger partial charge in [-0.3, -0.25) is 4.52 Å². The molecule has 1 heterocycles. The molecule has 2 rings (SSSR count). The number of rotatable bonds is 8. The molecule has 4 N–H and O–H groups in total. The smallest absolute Gasteiger partial charge is 0.469 e. The molecule has 0 fully saturated rings. The van der Waals surface area contributed by atoms with Crippen LogP contribution in [0.5, 0.6) is 5.75 Å². The molecule has 1 aromatic carbocycles. The quantitative estimate of drug-likeness (QED) is 0.438. The first-order chi connectivity index (χ1) is 13.0. The molecular weight excluding hydrogens is 411 g/mol. The summed E-state index contributed by atoms with van der Waals surface area (Å²) in [5.74, 6) is 3.99. The molecule has 2 aromatic rings. The highest BCUT2D eigenvalue weighted by Crippen LogP contribution is 2.37. The molecule has 0 aliphatic heterocycles. The van der Waals surface area contributed by atoms with Gasteiger partial charge in [0.2, 0.25) is 0 Å². The van der Waals surface area contributed by atoms with E-state index in [4.69, 9.17) is 20.3 Å². The molecule has 10 heteroatoms. The van der Waals surface area contributed by atoms with Crippen LogP contribution in [0.2, 0.25) is 0 Å². The monoisotopic (exact) mass is 431 g/mol. The Labute approximate surface area is 165 Å². The summed E-state index contributed by atoms with van der Waals surface area (Å²) in [7, 11) is -4.54. The molecule has 1 atom stereocenters. The van der Waals surface area contributed by atoms with Crippen molar-refractivity contribution in [2.24, 2.45) is 5.73 Å². The SMILES string of the molecule is CC(N)(CCc1ccc(C#CCOc2ccc(F)c(F)c2)s1)COP(=O)(O)O. The number of nitrogens with two attached hydrogens (primary N) is 1. The Bertz CT molecular complexity index is 916. The first kappa shape index (κ1) is 22.5. The Hall–Kier alpha value is -1.79. The van der Waals surface area contributed by atoms with Gasteiger partial charge >= 0.3 is 7.82 Å².